The Morgan fingerprint density at radius 1 is 1.03 bits per heavy atom. The van der Waals surface area contributed by atoms with Gasteiger partial charge in [0.05, 0.1) is 21.1 Å². The zero-order chi connectivity index (χ0) is 21.9. The van der Waals surface area contributed by atoms with Gasteiger partial charge in [-0.3, -0.25) is 19.6 Å². The van der Waals surface area contributed by atoms with Crippen molar-refractivity contribution in [2.75, 3.05) is 10.0 Å². The normalized spacial score (nSPS) is 11.0. The summed E-state index contributed by atoms with van der Waals surface area (Å²) >= 11 is 5.79. The number of halogens is 1. The van der Waals surface area contributed by atoms with Gasteiger partial charge in [0.15, 0.2) is 0 Å². The Hall–Kier alpha value is -3.43. The van der Waals surface area contributed by atoms with Crippen molar-refractivity contribution in [3.8, 4) is 0 Å². The summed E-state index contributed by atoms with van der Waals surface area (Å²) < 4.78 is 27.4. The van der Waals surface area contributed by atoms with Crippen molar-refractivity contribution < 1.29 is 18.1 Å². The molecule has 0 saturated carbocycles. The molecular weight excluding hydrogens is 430 g/mol. The number of amides is 1. The number of hydrogen-bond acceptors (Lipinski definition) is 5. The zero-order valence-electron chi connectivity index (χ0n) is 15.6. The van der Waals surface area contributed by atoms with Gasteiger partial charge in [-0.15, -0.1) is 0 Å². The van der Waals surface area contributed by atoms with Crippen molar-refractivity contribution >= 4 is 44.6 Å². The summed E-state index contributed by atoms with van der Waals surface area (Å²) in [6, 6.07) is 15.9. The molecule has 0 heterocycles. The molecule has 0 unspecified atom stereocenters. The highest BCUT2D eigenvalue weighted by Gasteiger charge is 2.17. The predicted molar refractivity (Wildman–Crippen MR) is 114 cm³/mol. The van der Waals surface area contributed by atoms with Crippen molar-refractivity contribution in [3.05, 3.63) is 93.0 Å². The van der Waals surface area contributed by atoms with E-state index in [1.54, 1.807) is 6.07 Å². The average molecular weight is 446 g/mol. The fourth-order valence-electron chi connectivity index (χ4n) is 2.70. The molecule has 10 heteroatoms. The Kier molecular flexibility index (Phi) is 6.04. The maximum atomic E-state index is 12.6. The van der Waals surface area contributed by atoms with Gasteiger partial charge >= 0.3 is 0 Å². The van der Waals surface area contributed by atoms with E-state index in [9.17, 15) is 23.3 Å². The highest BCUT2D eigenvalue weighted by molar-refractivity contribution is 7.92. The van der Waals surface area contributed by atoms with Crippen LogP contribution in [0.25, 0.3) is 0 Å². The highest BCUT2D eigenvalue weighted by Crippen LogP contribution is 2.26. The van der Waals surface area contributed by atoms with E-state index in [-0.39, 0.29) is 21.8 Å². The third kappa shape index (κ3) is 4.76. The first-order chi connectivity index (χ1) is 14.2. The van der Waals surface area contributed by atoms with Crippen LogP contribution in [0.1, 0.15) is 15.9 Å². The summed E-state index contributed by atoms with van der Waals surface area (Å²) in [7, 11) is -3.87. The number of anilines is 2. The molecule has 8 nitrogen and oxygen atoms in total. The molecule has 0 aliphatic heterocycles. The molecule has 0 aliphatic rings. The van der Waals surface area contributed by atoms with Crippen molar-refractivity contribution in [1.29, 1.82) is 0 Å². The second kappa shape index (κ2) is 8.52. The van der Waals surface area contributed by atoms with Gasteiger partial charge in [-0.1, -0.05) is 23.7 Å². The van der Waals surface area contributed by atoms with E-state index < -0.39 is 20.9 Å². The Labute approximate surface area is 177 Å². The summed E-state index contributed by atoms with van der Waals surface area (Å²) in [5.41, 5.74) is 0.861. The van der Waals surface area contributed by atoms with Crippen molar-refractivity contribution in [2.24, 2.45) is 0 Å². The lowest BCUT2D eigenvalue weighted by Gasteiger charge is -2.11. The zero-order valence-corrected chi connectivity index (χ0v) is 17.2. The number of nitro groups is 1. The lowest BCUT2D eigenvalue weighted by atomic mass is 10.1. The Morgan fingerprint density at radius 3 is 2.37 bits per heavy atom. The van der Waals surface area contributed by atoms with Gasteiger partial charge in [-0.25, -0.2) is 8.42 Å². The van der Waals surface area contributed by atoms with Crippen LogP contribution in [0, 0.1) is 17.0 Å². The van der Waals surface area contributed by atoms with Gasteiger partial charge in [0.2, 0.25) is 0 Å². The molecule has 3 aromatic rings. The molecule has 30 heavy (non-hydrogen) atoms. The van der Waals surface area contributed by atoms with E-state index in [0.29, 0.717) is 16.3 Å². The quantitative estimate of drug-likeness (QED) is 0.424. The minimum atomic E-state index is -3.87. The number of sulfonamides is 1. The molecule has 0 radical (unpaired) electrons. The smallest absolute Gasteiger partial charge is 0.274 e. The summed E-state index contributed by atoms with van der Waals surface area (Å²) in [5.74, 6) is -0.536. The number of hydrogen-bond donors (Lipinski definition) is 2. The van der Waals surface area contributed by atoms with Crippen molar-refractivity contribution in [3.63, 3.8) is 0 Å². The third-order valence-electron chi connectivity index (χ3n) is 4.25. The van der Waals surface area contributed by atoms with E-state index in [0.717, 1.165) is 0 Å². The molecule has 3 aromatic carbocycles. The topological polar surface area (TPSA) is 118 Å². The second-order valence-corrected chi connectivity index (χ2v) is 8.42. The lowest BCUT2D eigenvalue weighted by molar-refractivity contribution is -0.385. The minimum absolute atomic E-state index is 0.0222. The van der Waals surface area contributed by atoms with Gasteiger partial charge in [-0.05, 0) is 55.5 Å². The average Bonchev–Trinajstić information content (AvgIpc) is 2.69. The third-order valence-corrected chi connectivity index (χ3v) is 5.90. The molecule has 0 spiro atoms. The van der Waals surface area contributed by atoms with E-state index in [1.807, 2.05) is 0 Å². The van der Waals surface area contributed by atoms with E-state index in [4.69, 9.17) is 11.6 Å². The van der Waals surface area contributed by atoms with Crippen LogP contribution in [0.5, 0.6) is 0 Å². The van der Waals surface area contributed by atoms with Crippen LogP contribution < -0.4 is 10.0 Å². The fourth-order valence-corrected chi connectivity index (χ4v) is 3.88. The first kappa shape index (κ1) is 21.3. The number of benzene rings is 3. The van der Waals surface area contributed by atoms with Gasteiger partial charge in [-0.2, -0.15) is 0 Å². The molecule has 154 valence electrons. The summed E-state index contributed by atoms with van der Waals surface area (Å²) in [6.07, 6.45) is 0. The molecule has 2 N–H and O–H groups in total. The highest BCUT2D eigenvalue weighted by atomic mass is 35.5. The van der Waals surface area contributed by atoms with Gasteiger partial charge in [0, 0.05) is 22.3 Å². The second-order valence-electron chi connectivity index (χ2n) is 6.30. The van der Waals surface area contributed by atoms with E-state index in [1.165, 1.54) is 67.6 Å². The van der Waals surface area contributed by atoms with Crippen molar-refractivity contribution in [1.82, 2.24) is 0 Å². The van der Waals surface area contributed by atoms with Crippen molar-refractivity contribution in [2.45, 2.75) is 11.8 Å². The molecule has 0 fully saturated rings. The number of carbonyl (C=O) groups excluding carboxylic acids is 1. The van der Waals surface area contributed by atoms with Crippen LogP contribution in [0.4, 0.5) is 17.1 Å². The molecule has 0 aliphatic carbocycles. The van der Waals surface area contributed by atoms with Gasteiger partial charge in [0.1, 0.15) is 0 Å². The fraction of sp³-hybridized carbons (Fsp3) is 0.0500. The summed E-state index contributed by atoms with van der Waals surface area (Å²) in [4.78, 5) is 23.2. The maximum Gasteiger partial charge on any atom is 0.274 e. The molecule has 0 atom stereocenters. The number of rotatable bonds is 6. The largest absolute Gasteiger partial charge is 0.321 e. The first-order valence-electron chi connectivity index (χ1n) is 8.61. The van der Waals surface area contributed by atoms with Crippen LogP contribution in [-0.2, 0) is 10.0 Å². The van der Waals surface area contributed by atoms with Gasteiger partial charge in [0.25, 0.3) is 21.6 Å². The molecule has 0 saturated heterocycles. The van der Waals surface area contributed by atoms with Crippen LogP contribution in [0.3, 0.4) is 0 Å². The molecule has 0 aromatic heterocycles. The van der Waals surface area contributed by atoms with E-state index in [2.05, 4.69) is 10.0 Å². The predicted octanol–water partition coefficient (Wildman–Crippen LogP) is 4.61. The number of nitro benzene ring substituents is 1. The summed E-state index contributed by atoms with van der Waals surface area (Å²) in [6.45, 7) is 1.53. The van der Waals surface area contributed by atoms with E-state index >= 15 is 0 Å². The molecule has 0 bridgehead atoms. The molecule has 3 rings (SSSR count). The monoisotopic (exact) mass is 445 g/mol. The first-order valence-corrected chi connectivity index (χ1v) is 10.5. The number of nitrogens with one attached hydrogen (secondary N) is 2. The summed E-state index contributed by atoms with van der Waals surface area (Å²) in [5, 5.41) is 14.1. The minimum Gasteiger partial charge on any atom is -0.321 e. The molecular formula is C20H16ClN3O5S. The Balaban J connectivity index is 1.82. The Morgan fingerprint density at radius 2 is 1.70 bits per heavy atom. The van der Waals surface area contributed by atoms with Crippen LogP contribution >= 0.6 is 11.6 Å². The van der Waals surface area contributed by atoms with Crippen LogP contribution in [0.2, 0.25) is 5.02 Å². The van der Waals surface area contributed by atoms with Gasteiger partial charge < -0.3 is 5.32 Å². The van der Waals surface area contributed by atoms with Crippen LogP contribution in [0.15, 0.2) is 71.6 Å². The standard InChI is InChI=1S/C20H16ClN3O5S/c1-13-18(6-3-7-19(13)24(26)27)22-20(25)14-4-2-5-16(12-14)23-30(28,29)17-10-8-15(21)9-11-17/h2-12,23H,1H3,(H,22,25). The molecule has 1 amide bonds. The Bertz CT molecular complexity index is 1230. The number of nitrogens with zero attached hydrogens (tertiary/aromatic N) is 1. The SMILES string of the molecule is Cc1c(NC(=O)c2cccc(NS(=O)(=O)c3ccc(Cl)cc3)c2)cccc1[N+](=O)[O-]. The lowest BCUT2D eigenvalue weighted by Crippen LogP contribution is -2.15. The number of carbonyl (C=O) groups is 1. The van der Waals surface area contributed by atoms with Crippen LogP contribution in [-0.4, -0.2) is 19.2 Å². The maximum absolute atomic E-state index is 12.6.